The number of carbonyl (C=O) groups is 2. The molecule has 9 nitrogen and oxygen atoms in total. The van der Waals surface area contributed by atoms with E-state index in [-0.39, 0.29) is 17.7 Å². The highest BCUT2D eigenvalue weighted by molar-refractivity contribution is 5.81. The summed E-state index contributed by atoms with van der Waals surface area (Å²) in [5.74, 6) is 1.51. The molecule has 2 amide bonds. The first-order chi connectivity index (χ1) is 17.0. The molecule has 0 bridgehead atoms. The summed E-state index contributed by atoms with van der Waals surface area (Å²) in [7, 11) is 0. The molecule has 1 aromatic carbocycles. The molecule has 2 atom stereocenters. The molecule has 1 aromatic rings. The molecule has 0 fully saturated rings. The van der Waals surface area contributed by atoms with E-state index in [9.17, 15) is 9.59 Å². The van der Waals surface area contributed by atoms with E-state index in [4.69, 9.17) is 24.7 Å². The molecule has 35 heavy (non-hydrogen) atoms. The van der Waals surface area contributed by atoms with Crippen molar-refractivity contribution >= 4 is 11.8 Å². The first-order valence-electron chi connectivity index (χ1n) is 12.8. The van der Waals surface area contributed by atoms with Crippen molar-refractivity contribution < 1.29 is 28.5 Å². The molecule has 0 aliphatic carbocycles. The van der Waals surface area contributed by atoms with Crippen LogP contribution in [0.2, 0.25) is 0 Å². The topological polar surface area (TPSA) is 112 Å². The maximum atomic E-state index is 12.8. The largest absolute Gasteiger partial charge is 0.487 e. The van der Waals surface area contributed by atoms with E-state index in [1.54, 1.807) is 4.90 Å². The molecule has 1 aliphatic rings. The number of unbranched alkanes of at least 4 members (excludes halogenated alkanes) is 2. The van der Waals surface area contributed by atoms with Crippen molar-refractivity contribution in [3.8, 4) is 11.5 Å². The number of hydrogen-bond acceptors (Lipinski definition) is 7. The maximum absolute atomic E-state index is 12.8. The van der Waals surface area contributed by atoms with Gasteiger partial charge in [0.1, 0.15) is 13.2 Å². The van der Waals surface area contributed by atoms with Gasteiger partial charge in [0.15, 0.2) is 11.5 Å². The van der Waals surface area contributed by atoms with Gasteiger partial charge in [-0.05, 0) is 30.9 Å². The lowest BCUT2D eigenvalue weighted by Gasteiger charge is -2.23. The minimum Gasteiger partial charge on any atom is -0.487 e. The minimum absolute atomic E-state index is 0.0873. The van der Waals surface area contributed by atoms with E-state index in [0.717, 1.165) is 25.7 Å². The van der Waals surface area contributed by atoms with Crippen molar-refractivity contribution in [3.05, 3.63) is 24.3 Å². The number of nitrogens with two attached hydrogens (primary N) is 1. The fourth-order valence-electron chi connectivity index (χ4n) is 3.60. The van der Waals surface area contributed by atoms with Gasteiger partial charge in [0.25, 0.3) is 0 Å². The normalized spacial score (nSPS) is 17.5. The number of nitrogens with one attached hydrogen (secondary N) is 1. The van der Waals surface area contributed by atoms with Gasteiger partial charge in [0, 0.05) is 26.1 Å². The van der Waals surface area contributed by atoms with Crippen LogP contribution in [-0.2, 0) is 19.1 Å². The number of ether oxygens (including phenoxy) is 4. The van der Waals surface area contributed by atoms with Crippen molar-refractivity contribution in [3.63, 3.8) is 0 Å². The molecule has 9 heteroatoms. The van der Waals surface area contributed by atoms with Crippen LogP contribution in [0.1, 0.15) is 46.0 Å². The number of hydrogen-bond donors (Lipinski definition) is 2. The quantitative estimate of drug-likeness (QED) is 0.508. The van der Waals surface area contributed by atoms with Crippen molar-refractivity contribution in [2.75, 3.05) is 59.3 Å². The van der Waals surface area contributed by atoms with E-state index < -0.39 is 6.04 Å². The zero-order valence-corrected chi connectivity index (χ0v) is 21.3. The molecular formula is C26H43N3O6. The lowest BCUT2D eigenvalue weighted by molar-refractivity contribution is -0.133. The molecule has 198 valence electrons. The van der Waals surface area contributed by atoms with Crippen molar-refractivity contribution in [1.82, 2.24) is 10.2 Å². The second-order valence-electron chi connectivity index (χ2n) is 8.76. The predicted molar refractivity (Wildman–Crippen MR) is 135 cm³/mol. The summed E-state index contributed by atoms with van der Waals surface area (Å²) in [4.78, 5) is 26.6. The number of benzene rings is 1. The average molecular weight is 494 g/mol. The van der Waals surface area contributed by atoms with Crippen molar-refractivity contribution in [1.29, 1.82) is 0 Å². The van der Waals surface area contributed by atoms with Gasteiger partial charge in [-0.2, -0.15) is 0 Å². The van der Waals surface area contributed by atoms with Gasteiger partial charge in [0.05, 0.1) is 32.5 Å². The molecule has 0 unspecified atom stereocenters. The number of fused-ring (bicyclic) bond motifs is 1. The predicted octanol–water partition coefficient (Wildman–Crippen LogP) is 2.37. The highest BCUT2D eigenvalue weighted by atomic mass is 16.6. The fraction of sp³-hybridized carbons (Fsp3) is 0.692. The Balaban J connectivity index is 1.68. The van der Waals surface area contributed by atoms with Gasteiger partial charge in [-0.3, -0.25) is 9.59 Å². The van der Waals surface area contributed by atoms with Gasteiger partial charge >= 0.3 is 0 Å². The fourth-order valence-corrected chi connectivity index (χ4v) is 3.60. The summed E-state index contributed by atoms with van der Waals surface area (Å²) >= 11 is 0. The number of rotatable bonds is 9. The number of amides is 2. The minimum atomic E-state index is -0.466. The lowest BCUT2D eigenvalue weighted by atomic mass is 9.99. The summed E-state index contributed by atoms with van der Waals surface area (Å²) in [6, 6.07) is 7.06. The Morgan fingerprint density at radius 1 is 0.943 bits per heavy atom. The number of nitrogens with zero attached hydrogens (tertiary/aromatic N) is 1. The van der Waals surface area contributed by atoms with Gasteiger partial charge in [0.2, 0.25) is 11.8 Å². The molecule has 1 heterocycles. The van der Waals surface area contributed by atoms with Crippen LogP contribution in [0.5, 0.6) is 11.5 Å². The molecule has 0 saturated heterocycles. The smallest absolute Gasteiger partial charge is 0.237 e. The van der Waals surface area contributed by atoms with Crippen LogP contribution in [0.25, 0.3) is 0 Å². The van der Waals surface area contributed by atoms with Crippen LogP contribution < -0.4 is 20.5 Å². The Labute approximate surface area is 209 Å². The Bertz CT molecular complexity index is 713. The highest BCUT2D eigenvalue weighted by Crippen LogP contribution is 2.26. The van der Waals surface area contributed by atoms with E-state index in [0.29, 0.717) is 77.2 Å². The SMILES string of the molecule is CC[C@@H](C)[C@H](N)C(=O)NCCCCCC(=O)N1CCOCCOc2ccccc2OCCOCC1. The van der Waals surface area contributed by atoms with Gasteiger partial charge in [-0.1, -0.05) is 38.8 Å². The first kappa shape index (κ1) is 28.9. The van der Waals surface area contributed by atoms with Crippen molar-refractivity contribution in [2.24, 2.45) is 11.7 Å². The second kappa shape index (κ2) is 17.1. The lowest BCUT2D eigenvalue weighted by Crippen LogP contribution is -2.44. The van der Waals surface area contributed by atoms with Gasteiger partial charge < -0.3 is 34.9 Å². The summed E-state index contributed by atoms with van der Waals surface area (Å²) in [6.07, 6.45) is 3.78. The third-order valence-electron chi connectivity index (χ3n) is 6.11. The van der Waals surface area contributed by atoms with Gasteiger partial charge in [-0.25, -0.2) is 0 Å². The molecule has 3 N–H and O–H groups in total. The van der Waals surface area contributed by atoms with Crippen LogP contribution in [-0.4, -0.2) is 82.0 Å². The summed E-state index contributed by atoms with van der Waals surface area (Å²) in [5, 5.41) is 2.90. The molecule has 2 rings (SSSR count). The molecule has 0 spiro atoms. The van der Waals surface area contributed by atoms with Crippen LogP contribution in [0.15, 0.2) is 24.3 Å². The zero-order chi connectivity index (χ0) is 25.3. The van der Waals surface area contributed by atoms with Crippen LogP contribution in [0.3, 0.4) is 0 Å². The van der Waals surface area contributed by atoms with E-state index in [1.165, 1.54) is 0 Å². The third-order valence-corrected chi connectivity index (χ3v) is 6.11. The standard InChI is InChI=1S/C26H43N3O6/c1-3-21(2)25(27)26(31)28-12-8-4-5-11-24(30)29-13-15-32-17-19-34-22-9-6-7-10-23(22)35-20-18-33-16-14-29/h6-7,9-10,21,25H,3-5,8,11-20,27H2,1-2H3,(H,28,31)/t21-,25+/m1/s1. The molecule has 0 aromatic heterocycles. The van der Waals surface area contributed by atoms with E-state index in [1.807, 2.05) is 38.1 Å². The summed E-state index contributed by atoms with van der Waals surface area (Å²) < 4.78 is 22.9. The van der Waals surface area contributed by atoms with E-state index in [2.05, 4.69) is 5.32 Å². The third kappa shape index (κ3) is 11.3. The van der Waals surface area contributed by atoms with Crippen LogP contribution in [0, 0.1) is 5.92 Å². The molecule has 1 aliphatic heterocycles. The highest BCUT2D eigenvalue weighted by Gasteiger charge is 2.18. The summed E-state index contributed by atoms with van der Waals surface area (Å²) in [5.41, 5.74) is 5.95. The Morgan fingerprint density at radius 3 is 2.11 bits per heavy atom. The van der Waals surface area contributed by atoms with E-state index >= 15 is 0 Å². The Hall–Kier alpha value is -2.36. The Morgan fingerprint density at radius 2 is 1.54 bits per heavy atom. The molecular weight excluding hydrogens is 450 g/mol. The molecule has 0 radical (unpaired) electrons. The van der Waals surface area contributed by atoms with Crippen LogP contribution >= 0.6 is 0 Å². The van der Waals surface area contributed by atoms with Gasteiger partial charge in [-0.15, -0.1) is 0 Å². The molecule has 0 saturated carbocycles. The second-order valence-corrected chi connectivity index (χ2v) is 8.76. The maximum Gasteiger partial charge on any atom is 0.237 e. The Kier molecular flexibility index (Phi) is 14.1. The van der Waals surface area contributed by atoms with Crippen molar-refractivity contribution in [2.45, 2.75) is 52.0 Å². The number of carbonyl (C=O) groups excluding carboxylic acids is 2. The zero-order valence-electron chi connectivity index (χ0n) is 21.3. The summed E-state index contributed by atoms with van der Waals surface area (Å²) in [6.45, 7) is 8.16. The monoisotopic (exact) mass is 493 g/mol. The first-order valence-corrected chi connectivity index (χ1v) is 12.8. The number of para-hydroxylation sites is 2. The average Bonchev–Trinajstić information content (AvgIpc) is 2.88. The van der Waals surface area contributed by atoms with Crippen LogP contribution in [0.4, 0.5) is 0 Å².